The Balaban J connectivity index is 0.000000109. The molecule has 2 aromatic carbocycles. The van der Waals surface area contributed by atoms with Crippen LogP contribution in [0.3, 0.4) is 0 Å². The van der Waals surface area contributed by atoms with Crippen LogP contribution in [0.15, 0.2) is 70.9 Å². The first-order valence-electron chi connectivity index (χ1n) is 9.71. The Hall–Kier alpha value is -4.00. The molecule has 3 aliphatic rings. The van der Waals surface area contributed by atoms with Gasteiger partial charge in [0.25, 0.3) is 0 Å². The van der Waals surface area contributed by atoms with Crippen molar-refractivity contribution < 1.29 is 4.79 Å². The second-order valence-electron chi connectivity index (χ2n) is 6.69. The summed E-state index contributed by atoms with van der Waals surface area (Å²) in [7, 11) is 0. The fourth-order valence-corrected chi connectivity index (χ4v) is 3.10. The Labute approximate surface area is 174 Å². The van der Waals surface area contributed by atoms with E-state index in [9.17, 15) is 4.79 Å². The van der Waals surface area contributed by atoms with Crippen molar-refractivity contribution in [1.29, 1.82) is 0 Å². The molecule has 0 atom stereocenters. The van der Waals surface area contributed by atoms with Crippen LogP contribution in [0.2, 0.25) is 0 Å². The van der Waals surface area contributed by atoms with Gasteiger partial charge in [0.05, 0.1) is 36.4 Å². The first-order valence-corrected chi connectivity index (χ1v) is 9.71. The Morgan fingerprint density at radius 2 is 1.73 bits per heavy atom. The summed E-state index contributed by atoms with van der Waals surface area (Å²) in [5, 5.41) is 6.38. The molecule has 3 N–H and O–H groups in total. The molecule has 7 heteroatoms. The maximum atomic E-state index is 10.8. The van der Waals surface area contributed by atoms with Gasteiger partial charge in [-0.2, -0.15) is 0 Å². The number of benzene rings is 2. The number of rotatable bonds is 0. The number of hydrogen-bond donors (Lipinski definition) is 3. The van der Waals surface area contributed by atoms with Crippen LogP contribution in [-0.4, -0.2) is 41.4 Å². The van der Waals surface area contributed by atoms with E-state index < -0.39 is 0 Å². The lowest BCUT2D eigenvalue weighted by Crippen LogP contribution is -2.06. The smallest absolute Gasteiger partial charge is 0.161 e. The van der Waals surface area contributed by atoms with Crippen LogP contribution in [-0.2, 0) is 11.2 Å². The van der Waals surface area contributed by atoms with Gasteiger partial charge in [0.1, 0.15) is 6.67 Å². The van der Waals surface area contributed by atoms with Gasteiger partial charge in [0.15, 0.2) is 5.78 Å². The normalized spacial score (nSPS) is 14.5. The number of carbonyl (C=O) groups is 1. The molecule has 0 fully saturated rings. The number of hydrogen-bond acceptors (Lipinski definition) is 6. The molecule has 0 saturated carbocycles. The Bertz CT molecular complexity index is 1050. The maximum Gasteiger partial charge on any atom is 0.161 e. The first-order chi connectivity index (χ1) is 14.8. The van der Waals surface area contributed by atoms with Crippen LogP contribution in [0.4, 0.5) is 17.1 Å². The molecule has 30 heavy (non-hydrogen) atoms. The number of nitrogens with one attached hydrogen (secondary N) is 3. The fraction of sp³-hybridized carbons (Fsp3) is 0.130. The molecule has 0 radical (unpaired) electrons. The molecule has 150 valence electrons. The predicted molar refractivity (Wildman–Crippen MR) is 122 cm³/mol. The predicted octanol–water partition coefficient (Wildman–Crippen LogP) is 3.85. The van der Waals surface area contributed by atoms with Crippen molar-refractivity contribution in [2.75, 3.05) is 23.8 Å². The average molecular weight is 398 g/mol. The number of aromatic amines is 1. The Morgan fingerprint density at radius 1 is 0.900 bits per heavy atom. The number of fused-ring (bicyclic) bond motifs is 3. The van der Waals surface area contributed by atoms with Crippen LogP contribution in [0, 0.1) is 0 Å². The van der Waals surface area contributed by atoms with Gasteiger partial charge in [0, 0.05) is 29.4 Å². The molecule has 1 aromatic heterocycles. The highest BCUT2D eigenvalue weighted by Gasteiger charge is 2.10. The van der Waals surface area contributed by atoms with Gasteiger partial charge in [-0.1, -0.05) is 30.3 Å². The molecule has 0 spiro atoms. The molecule has 0 saturated heterocycles. The van der Waals surface area contributed by atoms with Gasteiger partial charge in [-0.25, -0.2) is 4.98 Å². The third-order valence-electron chi connectivity index (χ3n) is 4.60. The molecule has 6 rings (SSSR count). The summed E-state index contributed by atoms with van der Waals surface area (Å²) in [5.41, 5.74) is 6.33. The molecule has 3 aromatic rings. The van der Waals surface area contributed by atoms with Gasteiger partial charge in [-0.05, 0) is 30.4 Å². The lowest BCUT2D eigenvalue weighted by molar-refractivity contribution is -0.114. The number of allylic oxidation sites excluding steroid dienone is 1. The Morgan fingerprint density at radius 3 is 2.60 bits per heavy atom. The quantitative estimate of drug-likeness (QED) is 0.536. The highest BCUT2D eigenvalue weighted by atomic mass is 16.1. The van der Waals surface area contributed by atoms with Gasteiger partial charge in [0.2, 0.25) is 0 Å². The van der Waals surface area contributed by atoms with Gasteiger partial charge >= 0.3 is 0 Å². The van der Waals surface area contributed by atoms with E-state index in [1.165, 1.54) is 11.3 Å². The summed E-state index contributed by atoms with van der Waals surface area (Å²) in [4.78, 5) is 26.0. The lowest BCUT2D eigenvalue weighted by atomic mass is 10.1. The van der Waals surface area contributed by atoms with Crippen LogP contribution in [0.5, 0.6) is 0 Å². The molecular formula is C23H22N6O. The molecule has 3 heterocycles. The molecule has 0 unspecified atom stereocenters. The SMILES string of the molecule is C1=NCNc2ccccc21.C1=Nc2ccccc2NC1.O=C1C=Cc2nc[nH]c2C1. The number of anilines is 2. The fourth-order valence-electron chi connectivity index (χ4n) is 3.10. The first kappa shape index (κ1) is 19.3. The van der Waals surface area contributed by atoms with Crippen LogP contribution < -0.4 is 10.6 Å². The lowest BCUT2D eigenvalue weighted by Gasteiger charge is -2.10. The van der Waals surface area contributed by atoms with Crippen molar-refractivity contribution in [3.8, 4) is 0 Å². The molecule has 0 amide bonds. The molecule has 1 aliphatic carbocycles. The second kappa shape index (κ2) is 9.47. The van der Waals surface area contributed by atoms with Crippen molar-refractivity contribution in [1.82, 2.24) is 9.97 Å². The largest absolute Gasteiger partial charge is 0.378 e. The standard InChI is InChI=1S/2C8H8N2.C7H6N2O/c1-2-4-8-7(3-1)5-9-6-10-8;1-2-4-8-7(3-1)9-5-6-10-8;10-5-1-2-6-7(3-5)9-4-8-6/h2*1-5,10H,6H2;1-2,4H,3H2,(H,8,9). The minimum Gasteiger partial charge on any atom is -0.378 e. The zero-order valence-electron chi connectivity index (χ0n) is 16.4. The molecule has 0 bridgehead atoms. The van der Waals surface area contributed by atoms with E-state index in [-0.39, 0.29) is 5.78 Å². The number of aromatic nitrogens is 2. The zero-order valence-corrected chi connectivity index (χ0v) is 16.4. The monoisotopic (exact) mass is 398 g/mol. The summed E-state index contributed by atoms with van der Waals surface area (Å²) in [6.07, 6.45) is 9.13. The summed E-state index contributed by atoms with van der Waals surface area (Å²) in [6, 6.07) is 16.2. The van der Waals surface area contributed by atoms with Crippen molar-refractivity contribution >= 4 is 41.4 Å². The molecule has 7 nitrogen and oxygen atoms in total. The van der Waals surface area contributed by atoms with Crippen LogP contribution in [0.1, 0.15) is 17.0 Å². The van der Waals surface area contributed by atoms with E-state index in [1.807, 2.05) is 54.9 Å². The summed E-state index contributed by atoms with van der Waals surface area (Å²) < 4.78 is 0. The summed E-state index contributed by atoms with van der Waals surface area (Å²) in [5.74, 6) is 0.136. The van der Waals surface area contributed by atoms with Crippen molar-refractivity contribution in [3.05, 3.63) is 77.9 Å². The number of H-pyrrole nitrogens is 1. The highest BCUT2D eigenvalue weighted by Crippen LogP contribution is 2.25. The van der Waals surface area contributed by atoms with Gasteiger partial charge in [-0.3, -0.25) is 14.8 Å². The number of ketones is 1. The summed E-state index contributed by atoms with van der Waals surface area (Å²) in [6.45, 7) is 1.55. The van der Waals surface area contributed by atoms with E-state index in [0.717, 1.165) is 29.3 Å². The number of carbonyl (C=O) groups excluding carboxylic acids is 1. The minimum absolute atomic E-state index is 0.136. The van der Waals surface area contributed by atoms with E-state index >= 15 is 0 Å². The molecule has 2 aliphatic heterocycles. The van der Waals surface area contributed by atoms with Gasteiger partial charge < -0.3 is 15.6 Å². The number of imidazole rings is 1. The van der Waals surface area contributed by atoms with Crippen molar-refractivity contribution in [2.45, 2.75) is 6.42 Å². The Kier molecular flexibility index (Phi) is 6.10. The third kappa shape index (κ3) is 4.88. The molecular weight excluding hydrogens is 376 g/mol. The van der Waals surface area contributed by atoms with Crippen LogP contribution >= 0.6 is 0 Å². The zero-order chi connectivity index (χ0) is 20.6. The van der Waals surface area contributed by atoms with Gasteiger partial charge in [-0.15, -0.1) is 0 Å². The van der Waals surface area contributed by atoms with E-state index in [2.05, 4.69) is 36.7 Å². The maximum absolute atomic E-state index is 10.8. The van der Waals surface area contributed by atoms with Crippen molar-refractivity contribution in [2.24, 2.45) is 9.98 Å². The highest BCUT2D eigenvalue weighted by molar-refractivity contribution is 5.97. The van der Waals surface area contributed by atoms with Crippen LogP contribution in [0.25, 0.3) is 6.08 Å². The average Bonchev–Trinajstić information content (AvgIpc) is 3.28. The number of para-hydroxylation sites is 3. The van der Waals surface area contributed by atoms with Crippen molar-refractivity contribution in [3.63, 3.8) is 0 Å². The third-order valence-corrected chi connectivity index (χ3v) is 4.60. The summed E-state index contributed by atoms with van der Waals surface area (Å²) >= 11 is 0. The topological polar surface area (TPSA) is 94.5 Å². The van der Waals surface area contributed by atoms with E-state index in [1.54, 1.807) is 18.5 Å². The van der Waals surface area contributed by atoms with E-state index in [4.69, 9.17) is 0 Å². The van der Waals surface area contributed by atoms with E-state index in [0.29, 0.717) is 13.1 Å². The number of nitrogens with zero attached hydrogens (tertiary/aromatic N) is 3. The number of aliphatic imine (C=N–C) groups is 2. The second-order valence-corrected chi connectivity index (χ2v) is 6.69. The minimum atomic E-state index is 0.136.